The van der Waals surface area contributed by atoms with Crippen LogP contribution in [0.2, 0.25) is 0 Å². The van der Waals surface area contributed by atoms with Crippen molar-refractivity contribution >= 4 is 16.7 Å². The van der Waals surface area contributed by atoms with Crippen molar-refractivity contribution in [1.29, 1.82) is 0 Å². The molecule has 16 heavy (non-hydrogen) atoms. The molecule has 1 saturated heterocycles. The third-order valence-corrected chi connectivity index (χ3v) is 3.02. The van der Waals surface area contributed by atoms with Gasteiger partial charge in [-0.1, -0.05) is 0 Å². The maximum atomic E-state index is 4.48. The van der Waals surface area contributed by atoms with Crippen molar-refractivity contribution in [2.45, 2.75) is 13.0 Å². The Morgan fingerprint density at radius 3 is 3.31 bits per heavy atom. The third kappa shape index (κ3) is 1.53. The number of fused-ring (bicyclic) bond motifs is 1. The molecule has 0 bridgehead atoms. The van der Waals surface area contributed by atoms with Crippen molar-refractivity contribution in [3.63, 3.8) is 0 Å². The largest absolute Gasteiger partial charge is 0.353 e. The molecule has 2 N–H and O–H groups in total. The van der Waals surface area contributed by atoms with Crippen molar-refractivity contribution in [3.05, 3.63) is 18.5 Å². The standard InChI is InChI=1S/C11H15N5/c1-8-7-16(5-4-12-8)11-9-6-14-15-10(9)2-3-13-11/h2-3,6,8,12H,4-5,7H2,1H3,(H,14,15). The number of nitrogens with zero attached hydrogens (tertiary/aromatic N) is 3. The Labute approximate surface area is 93.9 Å². The first kappa shape index (κ1) is 9.59. The predicted molar refractivity (Wildman–Crippen MR) is 63.6 cm³/mol. The summed E-state index contributed by atoms with van der Waals surface area (Å²) in [5, 5.41) is 11.6. The number of pyridine rings is 1. The maximum absolute atomic E-state index is 4.48. The highest BCUT2D eigenvalue weighted by molar-refractivity contribution is 5.88. The first-order chi connectivity index (χ1) is 7.84. The number of aromatic nitrogens is 3. The van der Waals surface area contributed by atoms with Gasteiger partial charge in [-0.25, -0.2) is 4.98 Å². The van der Waals surface area contributed by atoms with Gasteiger partial charge in [-0.3, -0.25) is 5.10 Å². The fourth-order valence-electron chi connectivity index (χ4n) is 2.23. The lowest BCUT2D eigenvalue weighted by Crippen LogP contribution is -2.49. The summed E-state index contributed by atoms with van der Waals surface area (Å²) in [6.07, 6.45) is 3.69. The summed E-state index contributed by atoms with van der Waals surface area (Å²) in [6.45, 7) is 5.21. The van der Waals surface area contributed by atoms with Crippen molar-refractivity contribution in [2.24, 2.45) is 0 Å². The highest BCUT2D eigenvalue weighted by Gasteiger charge is 2.18. The molecule has 1 atom stereocenters. The molecular weight excluding hydrogens is 202 g/mol. The van der Waals surface area contributed by atoms with Gasteiger partial charge in [0.1, 0.15) is 5.82 Å². The van der Waals surface area contributed by atoms with E-state index in [-0.39, 0.29) is 0 Å². The van der Waals surface area contributed by atoms with Crippen LogP contribution >= 0.6 is 0 Å². The lowest BCUT2D eigenvalue weighted by molar-refractivity contribution is 0.483. The summed E-state index contributed by atoms with van der Waals surface area (Å²) in [5.41, 5.74) is 1.05. The molecule has 1 unspecified atom stereocenters. The number of hydrogen-bond acceptors (Lipinski definition) is 4. The van der Waals surface area contributed by atoms with Gasteiger partial charge in [-0.2, -0.15) is 5.10 Å². The van der Waals surface area contributed by atoms with Crippen LogP contribution in [0.4, 0.5) is 5.82 Å². The molecule has 0 aromatic carbocycles. The van der Waals surface area contributed by atoms with Gasteiger partial charge in [0.05, 0.1) is 17.1 Å². The molecule has 2 aromatic heterocycles. The van der Waals surface area contributed by atoms with Crippen molar-refractivity contribution < 1.29 is 0 Å². The fraction of sp³-hybridized carbons (Fsp3) is 0.455. The van der Waals surface area contributed by atoms with Crippen LogP contribution in [0.5, 0.6) is 0 Å². The molecule has 5 heteroatoms. The summed E-state index contributed by atoms with van der Waals surface area (Å²) >= 11 is 0. The Hall–Kier alpha value is -1.62. The smallest absolute Gasteiger partial charge is 0.139 e. The summed E-state index contributed by atoms with van der Waals surface area (Å²) < 4.78 is 0. The van der Waals surface area contributed by atoms with Crippen LogP contribution in [0.25, 0.3) is 10.9 Å². The third-order valence-electron chi connectivity index (χ3n) is 3.02. The highest BCUT2D eigenvalue weighted by Crippen LogP contribution is 2.23. The second-order valence-electron chi connectivity index (χ2n) is 4.27. The summed E-state index contributed by atoms with van der Waals surface area (Å²) in [5.74, 6) is 1.04. The molecule has 2 aromatic rings. The van der Waals surface area contributed by atoms with E-state index in [1.54, 1.807) is 0 Å². The van der Waals surface area contributed by atoms with E-state index in [0.717, 1.165) is 36.4 Å². The molecule has 0 radical (unpaired) electrons. The van der Waals surface area contributed by atoms with Crippen LogP contribution in [0.3, 0.4) is 0 Å². The number of rotatable bonds is 1. The highest BCUT2D eigenvalue weighted by atomic mass is 15.2. The lowest BCUT2D eigenvalue weighted by Gasteiger charge is -2.32. The summed E-state index contributed by atoms with van der Waals surface area (Å²) in [6, 6.07) is 2.47. The minimum absolute atomic E-state index is 0.512. The van der Waals surface area contributed by atoms with E-state index in [1.165, 1.54) is 0 Å². The summed E-state index contributed by atoms with van der Waals surface area (Å²) in [4.78, 5) is 6.79. The second kappa shape index (κ2) is 3.75. The van der Waals surface area contributed by atoms with Crippen LogP contribution in [0.1, 0.15) is 6.92 Å². The van der Waals surface area contributed by atoms with Crippen molar-refractivity contribution in [2.75, 3.05) is 24.5 Å². The number of H-pyrrole nitrogens is 1. The van der Waals surface area contributed by atoms with E-state index in [0.29, 0.717) is 6.04 Å². The predicted octanol–water partition coefficient (Wildman–Crippen LogP) is 0.756. The van der Waals surface area contributed by atoms with Crippen LogP contribution < -0.4 is 10.2 Å². The molecule has 0 aliphatic carbocycles. The Balaban J connectivity index is 2.01. The number of aromatic amines is 1. The van der Waals surface area contributed by atoms with E-state index in [1.807, 2.05) is 18.5 Å². The van der Waals surface area contributed by atoms with Crippen LogP contribution in [0, 0.1) is 0 Å². The average Bonchev–Trinajstić information content (AvgIpc) is 2.76. The van der Waals surface area contributed by atoms with E-state index < -0.39 is 0 Å². The number of anilines is 1. The molecule has 1 aliphatic heterocycles. The van der Waals surface area contributed by atoms with Crippen LogP contribution in [-0.4, -0.2) is 40.9 Å². The van der Waals surface area contributed by atoms with Crippen molar-refractivity contribution in [1.82, 2.24) is 20.5 Å². The normalized spacial score (nSPS) is 21.6. The van der Waals surface area contributed by atoms with Crippen molar-refractivity contribution in [3.8, 4) is 0 Å². The number of nitrogens with one attached hydrogen (secondary N) is 2. The molecule has 0 spiro atoms. The SMILES string of the molecule is CC1CN(c2nccc3[nH]ncc23)CCN1. The molecule has 1 fully saturated rings. The zero-order valence-electron chi connectivity index (χ0n) is 9.27. The van der Waals surface area contributed by atoms with Gasteiger partial charge >= 0.3 is 0 Å². The Bertz CT molecular complexity index is 492. The average molecular weight is 217 g/mol. The second-order valence-corrected chi connectivity index (χ2v) is 4.27. The minimum atomic E-state index is 0.512. The molecule has 0 amide bonds. The van der Waals surface area contributed by atoms with Gasteiger partial charge in [0.2, 0.25) is 0 Å². The quantitative estimate of drug-likeness (QED) is 0.740. The first-order valence-corrected chi connectivity index (χ1v) is 5.61. The molecule has 3 heterocycles. The van der Waals surface area contributed by atoms with Crippen LogP contribution in [-0.2, 0) is 0 Å². The molecule has 3 rings (SSSR count). The zero-order valence-corrected chi connectivity index (χ0v) is 9.27. The van der Waals surface area contributed by atoms with Gasteiger partial charge in [0.15, 0.2) is 0 Å². The zero-order chi connectivity index (χ0) is 11.0. The van der Waals surface area contributed by atoms with Gasteiger partial charge in [-0.05, 0) is 13.0 Å². The van der Waals surface area contributed by atoms with Gasteiger partial charge < -0.3 is 10.2 Å². The Kier molecular flexibility index (Phi) is 2.25. The molecule has 84 valence electrons. The number of hydrogen-bond donors (Lipinski definition) is 2. The van der Waals surface area contributed by atoms with Gasteiger partial charge in [0, 0.05) is 31.9 Å². The first-order valence-electron chi connectivity index (χ1n) is 5.61. The van der Waals surface area contributed by atoms with Gasteiger partial charge in [0.25, 0.3) is 0 Å². The molecule has 5 nitrogen and oxygen atoms in total. The van der Waals surface area contributed by atoms with Gasteiger partial charge in [-0.15, -0.1) is 0 Å². The Morgan fingerprint density at radius 1 is 1.50 bits per heavy atom. The topological polar surface area (TPSA) is 56.8 Å². The minimum Gasteiger partial charge on any atom is -0.353 e. The van der Waals surface area contributed by atoms with E-state index in [9.17, 15) is 0 Å². The molecular formula is C11H15N5. The lowest BCUT2D eigenvalue weighted by atomic mass is 10.2. The van der Waals surface area contributed by atoms with E-state index in [2.05, 4.69) is 32.3 Å². The van der Waals surface area contributed by atoms with E-state index in [4.69, 9.17) is 0 Å². The van der Waals surface area contributed by atoms with E-state index >= 15 is 0 Å². The number of piperazine rings is 1. The summed E-state index contributed by atoms with van der Waals surface area (Å²) in [7, 11) is 0. The van der Waals surface area contributed by atoms with Crippen LogP contribution in [0.15, 0.2) is 18.5 Å². The molecule has 0 saturated carbocycles. The maximum Gasteiger partial charge on any atom is 0.139 e. The Morgan fingerprint density at radius 2 is 2.44 bits per heavy atom. The molecule has 1 aliphatic rings. The fourth-order valence-corrected chi connectivity index (χ4v) is 2.23. The monoisotopic (exact) mass is 217 g/mol.